The Balaban J connectivity index is 1.83. The highest BCUT2D eigenvalue weighted by Crippen LogP contribution is 2.33. The summed E-state index contributed by atoms with van der Waals surface area (Å²) >= 11 is 0. The molecule has 0 radical (unpaired) electrons. The molecule has 0 bridgehead atoms. The Morgan fingerprint density at radius 1 is 1.07 bits per heavy atom. The number of pyridine rings is 1. The van der Waals surface area contributed by atoms with Crippen LogP contribution in [0.3, 0.4) is 0 Å². The van der Waals surface area contributed by atoms with Crippen molar-refractivity contribution in [3.63, 3.8) is 0 Å². The molecule has 30 heavy (non-hydrogen) atoms. The van der Waals surface area contributed by atoms with Gasteiger partial charge < -0.3 is 10.6 Å². The second kappa shape index (κ2) is 8.26. The van der Waals surface area contributed by atoms with Gasteiger partial charge in [-0.1, -0.05) is 52.0 Å². The average Bonchev–Trinajstić information content (AvgIpc) is 2.92. The van der Waals surface area contributed by atoms with Gasteiger partial charge in [0.15, 0.2) is 5.54 Å². The number of carbonyl (C=O) groups is 3. The maximum atomic E-state index is 13.0. The number of benzene rings is 1. The van der Waals surface area contributed by atoms with Gasteiger partial charge in [0.2, 0.25) is 5.91 Å². The van der Waals surface area contributed by atoms with Crippen LogP contribution < -0.4 is 10.6 Å². The summed E-state index contributed by atoms with van der Waals surface area (Å²) in [6.07, 6.45) is 1.56. The molecule has 7 heteroatoms. The van der Waals surface area contributed by atoms with Crippen LogP contribution in [0.1, 0.15) is 63.3 Å². The molecule has 158 valence electrons. The Morgan fingerprint density at radius 2 is 1.70 bits per heavy atom. The van der Waals surface area contributed by atoms with Crippen molar-refractivity contribution < 1.29 is 14.4 Å². The van der Waals surface area contributed by atoms with Crippen molar-refractivity contribution in [2.45, 2.75) is 52.0 Å². The summed E-state index contributed by atoms with van der Waals surface area (Å²) in [5.74, 6) is -0.493. The van der Waals surface area contributed by atoms with E-state index in [2.05, 4.69) is 43.3 Å². The van der Waals surface area contributed by atoms with E-state index in [1.165, 1.54) is 0 Å². The monoisotopic (exact) mass is 408 g/mol. The van der Waals surface area contributed by atoms with Gasteiger partial charge in [-0.05, 0) is 42.0 Å². The molecule has 1 unspecified atom stereocenters. The molecule has 1 atom stereocenters. The number of hydrogen-bond donors (Lipinski definition) is 2. The number of para-hydroxylation sites is 1. The molecule has 1 fully saturated rings. The highest BCUT2D eigenvalue weighted by atomic mass is 16.2. The molecule has 3 rings (SSSR count). The van der Waals surface area contributed by atoms with Gasteiger partial charge in [0.25, 0.3) is 5.91 Å². The van der Waals surface area contributed by atoms with Crippen LogP contribution in [0.15, 0.2) is 42.6 Å². The van der Waals surface area contributed by atoms with Crippen molar-refractivity contribution in [2.24, 2.45) is 0 Å². The molecule has 1 saturated heterocycles. The maximum absolute atomic E-state index is 13.0. The molecule has 1 aromatic heterocycles. The minimum Gasteiger partial charge on any atom is -0.324 e. The Kier molecular flexibility index (Phi) is 5.92. The summed E-state index contributed by atoms with van der Waals surface area (Å²) in [5.41, 5.74) is 1.93. The number of nitrogens with one attached hydrogen (secondary N) is 2. The van der Waals surface area contributed by atoms with Gasteiger partial charge in [0, 0.05) is 11.9 Å². The van der Waals surface area contributed by atoms with Gasteiger partial charge in [-0.15, -0.1) is 0 Å². The van der Waals surface area contributed by atoms with Crippen molar-refractivity contribution in [3.8, 4) is 0 Å². The molecule has 2 heterocycles. The van der Waals surface area contributed by atoms with Crippen LogP contribution in [0.2, 0.25) is 0 Å². The average molecular weight is 409 g/mol. The summed E-state index contributed by atoms with van der Waals surface area (Å²) in [7, 11) is 0. The number of urea groups is 1. The smallest absolute Gasteiger partial charge is 0.324 e. The SMILES string of the molecule is CC(C)c1cccc(C(C)C)c1NC(=O)CN1C(=O)NC(C)(c2ccccn2)C1=O. The van der Waals surface area contributed by atoms with Gasteiger partial charge in [-0.25, -0.2) is 4.79 Å². The van der Waals surface area contributed by atoms with Crippen LogP contribution in [-0.2, 0) is 15.1 Å². The molecule has 1 aliphatic rings. The van der Waals surface area contributed by atoms with E-state index in [1.807, 2.05) is 18.2 Å². The largest absolute Gasteiger partial charge is 0.325 e. The number of carbonyl (C=O) groups excluding carboxylic acids is 3. The number of aromatic nitrogens is 1. The highest BCUT2D eigenvalue weighted by molar-refractivity contribution is 6.10. The number of nitrogens with zero attached hydrogens (tertiary/aromatic N) is 2. The summed E-state index contributed by atoms with van der Waals surface area (Å²) in [4.78, 5) is 43.5. The van der Waals surface area contributed by atoms with Crippen molar-refractivity contribution in [3.05, 3.63) is 59.4 Å². The molecule has 1 aromatic carbocycles. The molecule has 2 N–H and O–H groups in total. The van der Waals surface area contributed by atoms with E-state index >= 15 is 0 Å². The zero-order valence-corrected chi connectivity index (χ0v) is 18.0. The van der Waals surface area contributed by atoms with Crippen LogP contribution >= 0.6 is 0 Å². The summed E-state index contributed by atoms with van der Waals surface area (Å²) in [6.45, 7) is 9.47. The Hall–Kier alpha value is -3.22. The molecule has 0 saturated carbocycles. The third-order valence-corrected chi connectivity index (χ3v) is 5.39. The van der Waals surface area contributed by atoms with Crippen molar-refractivity contribution in [2.75, 3.05) is 11.9 Å². The van der Waals surface area contributed by atoms with Crippen LogP contribution in [0.5, 0.6) is 0 Å². The first-order chi connectivity index (χ1) is 14.1. The molecular weight excluding hydrogens is 380 g/mol. The second-order valence-corrected chi connectivity index (χ2v) is 8.33. The predicted octanol–water partition coefficient (Wildman–Crippen LogP) is 3.73. The fourth-order valence-electron chi connectivity index (χ4n) is 3.69. The number of rotatable bonds is 6. The standard InChI is InChI=1S/C23H28N4O3/c1-14(2)16-9-8-10-17(15(3)4)20(16)25-19(28)13-27-21(29)23(5,26-22(27)30)18-11-6-7-12-24-18/h6-12,14-15H,13H2,1-5H3,(H,25,28)(H,26,30). The lowest BCUT2D eigenvalue weighted by atomic mass is 9.92. The van der Waals surface area contributed by atoms with E-state index in [0.717, 1.165) is 21.7 Å². The molecule has 2 aromatic rings. The van der Waals surface area contributed by atoms with Crippen molar-refractivity contribution in [1.29, 1.82) is 0 Å². The normalized spacial score (nSPS) is 18.8. The van der Waals surface area contributed by atoms with Gasteiger partial charge >= 0.3 is 6.03 Å². The fraction of sp³-hybridized carbons (Fsp3) is 0.391. The van der Waals surface area contributed by atoms with E-state index in [0.29, 0.717) is 5.69 Å². The summed E-state index contributed by atoms with van der Waals surface area (Å²) < 4.78 is 0. The zero-order valence-electron chi connectivity index (χ0n) is 18.0. The lowest BCUT2D eigenvalue weighted by molar-refractivity contribution is -0.133. The minimum absolute atomic E-state index is 0.211. The van der Waals surface area contributed by atoms with Crippen LogP contribution in [0, 0.1) is 0 Å². The van der Waals surface area contributed by atoms with E-state index in [9.17, 15) is 14.4 Å². The third kappa shape index (κ3) is 3.92. The summed E-state index contributed by atoms with van der Waals surface area (Å²) in [6, 6.07) is 10.5. The van der Waals surface area contributed by atoms with Crippen molar-refractivity contribution in [1.82, 2.24) is 15.2 Å². The van der Waals surface area contributed by atoms with Gasteiger partial charge in [-0.2, -0.15) is 0 Å². The topological polar surface area (TPSA) is 91.4 Å². The lowest BCUT2D eigenvalue weighted by Gasteiger charge is -2.22. The first-order valence-electron chi connectivity index (χ1n) is 10.1. The van der Waals surface area contributed by atoms with E-state index in [-0.39, 0.29) is 18.4 Å². The lowest BCUT2D eigenvalue weighted by Crippen LogP contribution is -2.42. The first kappa shape index (κ1) is 21.5. The van der Waals surface area contributed by atoms with Crippen LogP contribution in [0.25, 0.3) is 0 Å². The van der Waals surface area contributed by atoms with E-state index in [1.54, 1.807) is 31.3 Å². The Bertz CT molecular complexity index is 945. The number of hydrogen-bond acceptors (Lipinski definition) is 4. The number of anilines is 1. The minimum atomic E-state index is -1.29. The number of amides is 4. The highest BCUT2D eigenvalue weighted by Gasteiger charge is 2.50. The van der Waals surface area contributed by atoms with Gasteiger partial charge in [-0.3, -0.25) is 19.5 Å². The quantitative estimate of drug-likeness (QED) is 0.713. The third-order valence-electron chi connectivity index (χ3n) is 5.39. The predicted molar refractivity (Wildman–Crippen MR) is 115 cm³/mol. The Morgan fingerprint density at radius 3 is 2.23 bits per heavy atom. The Labute approximate surface area is 176 Å². The molecule has 1 aliphatic heterocycles. The second-order valence-electron chi connectivity index (χ2n) is 8.33. The molecule has 0 spiro atoms. The zero-order chi connectivity index (χ0) is 22.1. The fourth-order valence-corrected chi connectivity index (χ4v) is 3.69. The van der Waals surface area contributed by atoms with Crippen LogP contribution in [0.4, 0.5) is 10.5 Å². The summed E-state index contributed by atoms with van der Waals surface area (Å²) in [5, 5.41) is 5.62. The molecular formula is C23H28N4O3. The van der Waals surface area contributed by atoms with Crippen LogP contribution in [-0.4, -0.2) is 34.3 Å². The van der Waals surface area contributed by atoms with E-state index in [4.69, 9.17) is 0 Å². The molecule has 4 amide bonds. The van der Waals surface area contributed by atoms with Gasteiger partial charge in [0.1, 0.15) is 6.54 Å². The molecule has 7 nitrogen and oxygen atoms in total. The van der Waals surface area contributed by atoms with Gasteiger partial charge in [0.05, 0.1) is 5.69 Å². The number of imide groups is 1. The molecule has 0 aliphatic carbocycles. The van der Waals surface area contributed by atoms with E-state index < -0.39 is 23.4 Å². The maximum Gasteiger partial charge on any atom is 0.325 e. The first-order valence-corrected chi connectivity index (χ1v) is 10.1. The van der Waals surface area contributed by atoms with Crippen molar-refractivity contribution >= 4 is 23.5 Å².